The minimum Gasteiger partial charge on any atom is -0.296 e. The van der Waals surface area contributed by atoms with E-state index in [0.29, 0.717) is 11.4 Å². The molecule has 24 heavy (non-hydrogen) atoms. The molecule has 1 aromatic carbocycles. The molecule has 1 aromatic heterocycles. The molecule has 1 unspecified atom stereocenters. The SMILES string of the molecule is CCN(CC)C(CNS(=O)(=O)c1cc(C)ccc1C)c1ccsc1. The molecule has 0 fully saturated rings. The second-order valence-electron chi connectivity index (χ2n) is 5.91. The van der Waals surface area contributed by atoms with E-state index in [1.807, 2.05) is 31.4 Å². The first-order chi connectivity index (χ1) is 11.4. The van der Waals surface area contributed by atoms with Crippen molar-refractivity contribution in [2.24, 2.45) is 0 Å². The molecule has 1 heterocycles. The minimum atomic E-state index is -3.52. The zero-order valence-electron chi connectivity index (χ0n) is 14.7. The lowest BCUT2D eigenvalue weighted by atomic mass is 10.1. The van der Waals surface area contributed by atoms with E-state index in [1.54, 1.807) is 17.4 Å². The predicted octanol–water partition coefficient (Wildman–Crippen LogP) is 3.73. The van der Waals surface area contributed by atoms with Gasteiger partial charge < -0.3 is 0 Å². The van der Waals surface area contributed by atoms with Crippen LogP contribution in [0.3, 0.4) is 0 Å². The van der Waals surface area contributed by atoms with Crippen molar-refractivity contribution in [3.8, 4) is 0 Å². The maximum absolute atomic E-state index is 12.8. The van der Waals surface area contributed by atoms with Crippen LogP contribution in [0, 0.1) is 13.8 Å². The standard InChI is InChI=1S/C18H26N2O2S2/c1-5-20(6-2)17(16-9-10-23-13-16)12-19-24(21,22)18-11-14(3)7-8-15(18)4/h7-11,13,17,19H,5-6,12H2,1-4H3. The molecule has 1 atom stereocenters. The molecule has 0 aliphatic rings. The van der Waals surface area contributed by atoms with Crippen LogP contribution < -0.4 is 4.72 Å². The van der Waals surface area contributed by atoms with E-state index in [1.165, 1.54) is 0 Å². The van der Waals surface area contributed by atoms with Crippen molar-refractivity contribution in [3.05, 3.63) is 51.7 Å². The fraction of sp³-hybridized carbons (Fsp3) is 0.444. The Bertz CT molecular complexity index is 751. The van der Waals surface area contributed by atoms with E-state index < -0.39 is 10.0 Å². The van der Waals surface area contributed by atoms with Gasteiger partial charge in [0.1, 0.15) is 0 Å². The zero-order chi connectivity index (χ0) is 17.7. The van der Waals surface area contributed by atoms with Gasteiger partial charge in [0.05, 0.1) is 4.90 Å². The van der Waals surface area contributed by atoms with Gasteiger partial charge in [-0.3, -0.25) is 4.90 Å². The van der Waals surface area contributed by atoms with E-state index >= 15 is 0 Å². The molecule has 0 bridgehead atoms. The highest BCUT2D eigenvalue weighted by Gasteiger charge is 2.23. The first-order valence-electron chi connectivity index (χ1n) is 8.22. The fourth-order valence-corrected chi connectivity index (χ4v) is 4.92. The third kappa shape index (κ3) is 4.45. The van der Waals surface area contributed by atoms with Gasteiger partial charge in [-0.1, -0.05) is 26.0 Å². The Kier molecular flexibility index (Phi) is 6.57. The van der Waals surface area contributed by atoms with Crippen molar-refractivity contribution < 1.29 is 8.42 Å². The third-order valence-corrected chi connectivity index (χ3v) is 6.55. The van der Waals surface area contributed by atoms with Crippen molar-refractivity contribution in [2.45, 2.75) is 38.6 Å². The summed E-state index contributed by atoms with van der Waals surface area (Å²) >= 11 is 1.64. The van der Waals surface area contributed by atoms with E-state index in [0.717, 1.165) is 29.8 Å². The van der Waals surface area contributed by atoms with Gasteiger partial charge in [-0.2, -0.15) is 11.3 Å². The van der Waals surface area contributed by atoms with Crippen LogP contribution in [0.5, 0.6) is 0 Å². The summed E-state index contributed by atoms with van der Waals surface area (Å²) in [6, 6.07) is 7.63. The molecular formula is C18H26N2O2S2. The highest BCUT2D eigenvalue weighted by Crippen LogP contribution is 2.23. The normalized spacial score (nSPS) is 13.4. The Hall–Kier alpha value is -1.21. The number of likely N-dealkylation sites (N-methyl/N-ethyl adjacent to an activating group) is 1. The molecule has 4 nitrogen and oxygen atoms in total. The zero-order valence-corrected chi connectivity index (χ0v) is 16.4. The monoisotopic (exact) mass is 366 g/mol. The number of nitrogens with one attached hydrogen (secondary N) is 1. The Balaban J connectivity index is 2.23. The van der Waals surface area contributed by atoms with E-state index in [2.05, 4.69) is 34.9 Å². The number of hydrogen-bond acceptors (Lipinski definition) is 4. The van der Waals surface area contributed by atoms with Gasteiger partial charge in [0, 0.05) is 12.6 Å². The molecule has 1 N–H and O–H groups in total. The Morgan fingerprint density at radius 1 is 1.17 bits per heavy atom. The number of aryl methyl sites for hydroxylation is 2. The lowest BCUT2D eigenvalue weighted by Gasteiger charge is -2.29. The molecule has 0 amide bonds. The number of rotatable bonds is 8. The number of thiophene rings is 1. The summed E-state index contributed by atoms with van der Waals surface area (Å²) in [5.41, 5.74) is 2.87. The molecule has 2 aromatic rings. The number of nitrogens with zero attached hydrogens (tertiary/aromatic N) is 1. The second kappa shape index (κ2) is 8.25. The summed E-state index contributed by atoms with van der Waals surface area (Å²) in [7, 11) is -3.52. The number of hydrogen-bond donors (Lipinski definition) is 1. The lowest BCUT2D eigenvalue weighted by Crippen LogP contribution is -2.38. The van der Waals surface area contributed by atoms with Gasteiger partial charge in [0.15, 0.2) is 0 Å². The van der Waals surface area contributed by atoms with Crippen molar-refractivity contribution in [1.82, 2.24) is 9.62 Å². The predicted molar refractivity (Wildman–Crippen MR) is 101 cm³/mol. The highest BCUT2D eigenvalue weighted by atomic mass is 32.2. The molecule has 6 heteroatoms. The van der Waals surface area contributed by atoms with E-state index in [9.17, 15) is 8.42 Å². The van der Waals surface area contributed by atoms with Crippen molar-refractivity contribution in [3.63, 3.8) is 0 Å². The van der Waals surface area contributed by atoms with Crippen molar-refractivity contribution >= 4 is 21.4 Å². The molecule has 0 saturated heterocycles. The maximum Gasteiger partial charge on any atom is 0.240 e. The molecule has 2 rings (SSSR count). The molecule has 0 aliphatic carbocycles. The smallest absolute Gasteiger partial charge is 0.240 e. The molecule has 0 radical (unpaired) electrons. The maximum atomic E-state index is 12.8. The quantitative estimate of drug-likeness (QED) is 0.774. The molecule has 0 saturated carbocycles. The largest absolute Gasteiger partial charge is 0.296 e. The van der Waals surface area contributed by atoms with Crippen LogP contribution in [-0.2, 0) is 10.0 Å². The van der Waals surface area contributed by atoms with Crippen LogP contribution in [-0.4, -0.2) is 33.0 Å². The third-order valence-electron chi connectivity index (χ3n) is 4.28. The fourth-order valence-electron chi connectivity index (χ4n) is 2.85. The van der Waals surface area contributed by atoms with Gasteiger partial charge in [-0.05, 0) is 66.5 Å². The van der Waals surface area contributed by atoms with Crippen LogP contribution in [0.1, 0.15) is 36.6 Å². The number of benzene rings is 1. The Morgan fingerprint density at radius 2 is 1.88 bits per heavy atom. The summed E-state index contributed by atoms with van der Waals surface area (Å²) in [5.74, 6) is 0. The summed E-state index contributed by atoms with van der Waals surface area (Å²) in [6.45, 7) is 10.1. The van der Waals surface area contributed by atoms with Crippen LogP contribution in [0.4, 0.5) is 0 Å². The van der Waals surface area contributed by atoms with Crippen LogP contribution in [0.25, 0.3) is 0 Å². The van der Waals surface area contributed by atoms with Crippen LogP contribution in [0.15, 0.2) is 39.9 Å². The average Bonchev–Trinajstić information content (AvgIpc) is 3.07. The van der Waals surface area contributed by atoms with Gasteiger partial charge in [-0.25, -0.2) is 13.1 Å². The van der Waals surface area contributed by atoms with E-state index in [-0.39, 0.29) is 6.04 Å². The van der Waals surface area contributed by atoms with Crippen LogP contribution in [0.2, 0.25) is 0 Å². The Labute approximate surface area is 149 Å². The van der Waals surface area contributed by atoms with E-state index in [4.69, 9.17) is 0 Å². The van der Waals surface area contributed by atoms with Crippen molar-refractivity contribution in [1.29, 1.82) is 0 Å². The first-order valence-corrected chi connectivity index (χ1v) is 10.6. The van der Waals surface area contributed by atoms with Gasteiger partial charge in [0.2, 0.25) is 10.0 Å². The van der Waals surface area contributed by atoms with Gasteiger partial charge in [-0.15, -0.1) is 0 Å². The molecule has 132 valence electrons. The van der Waals surface area contributed by atoms with Gasteiger partial charge in [0.25, 0.3) is 0 Å². The lowest BCUT2D eigenvalue weighted by molar-refractivity contribution is 0.220. The minimum absolute atomic E-state index is 0.0474. The molecule has 0 aliphatic heterocycles. The molecule has 0 spiro atoms. The van der Waals surface area contributed by atoms with Gasteiger partial charge >= 0.3 is 0 Å². The summed E-state index contributed by atoms with van der Waals surface area (Å²) in [6.07, 6.45) is 0. The summed E-state index contributed by atoms with van der Waals surface area (Å²) < 4.78 is 28.3. The summed E-state index contributed by atoms with van der Waals surface area (Å²) in [5, 5.41) is 4.13. The van der Waals surface area contributed by atoms with Crippen molar-refractivity contribution in [2.75, 3.05) is 19.6 Å². The highest BCUT2D eigenvalue weighted by molar-refractivity contribution is 7.89. The topological polar surface area (TPSA) is 49.4 Å². The number of sulfonamides is 1. The first kappa shape index (κ1) is 19.1. The average molecular weight is 367 g/mol. The summed E-state index contributed by atoms with van der Waals surface area (Å²) in [4.78, 5) is 2.64. The Morgan fingerprint density at radius 3 is 2.46 bits per heavy atom. The van der Waals surface area contributed by atoms with Crippen LogP contribution >= 0.6 is 11.3 Å². The second-order valence-corrected chi connectivity index (χ2v) is 8.43. The molecular weight excluding hydrogens is 340 g/mol.